The first-order valence-electron chi connectivity index (χ1n) is 7.86. The molecule has 22 heavy (non-hydrogen) atoms. The van der Waals surface area contributed by atoms with E-state index < -0.39 is 0 Å². The molecule has 0 amide bonds. The molecule has 124 valence electrons. The van der Waals surface area contributed by atoms with Gasteiger partial charge < -0.3 is 20.0 Å². The Morgan fingerprint density at radius 1 is 1.00 bits per heavy atom. The van der Waals surface area contributed by atoms with Gasteiger partial charge in [-0.2, -0.15) is 4.98 Å². The summed E-state index contributed by atoms with van der Waals surface area (Å²) in [5.74, 6) is 2.00. The molecule has 0 aromatic carbocycles. The molecule has 1 N–H and O–H groups in total. The zero-order valence-electron chi connectivity index (χ0n) is 13.8. The van der Waals surface area contributed by atoms with Gasteiger partial charge in [0.25, 0.3) is 0 Å². The van der Waals surface area contributed by atoms with E-state index in [1.165, 1.54) is 11.3 Å². The Kier molecular flexibility index (Phi) is 5.83. The Balaban J connectivity index is 0.00000176. The number of anilines is 2. The Hall–Kier alpha value is -1.11. The highest BCUT2D eigenvalue weighted by molar-refractivity contribution is 5.85. The first kappa shape index (κ1) is 17.2. The van der Waals surface area contributed by atoms with Crippen molar-refractivity contribution in [1.82, 2.24) is 20.2 Å². The van der Waals surface area contributed by atoms with Crippen molar-refractivity contribution in [3.8, 4) is 0 Å². The van der Waals surface area contributed by atoms with Crippen LogP contribution in [0.25, 0.3) is 0 Å². The van der Waals surface area contributed by atoms with E-state index in [4.69, 9.17) is 9.97 Å². The average Bonchev–Trinajstić information content (AvgIpc) is 2.72. The number of likely N-dealkylation sites (N-methyl/N-ethyl adjacent to an activating group) is 1. The second-order valence-electron chi connectivity index (χ2n) is 6.21. The molecular formula is C15H27ClN6. The van der Waals surface area contributed by atoms with Crippen LogP contribution in [0.2, 0.25) is 0 Å². The molecule has 1 fully saturated rings. The van der Waals surface area contributed by atoms with Crippen molar-refractivity contribution in [2.24, 2.45) is 0 Å². The SMILES string of the molecule is CN1CCN(c2nc3c(c(N(C)C)n2)CCNCC3)CC1.Cl. The van der Waals surface area contributed by atoms with Gasteiger partial charge in [-0.1, -0.05) is 0 Å². The molecule has 0 saturated carbocycles. The molecule has 2 aliphatic rings. The van der Waals surface area contributed by atoms with Crippen LogP contribution < -0.4 is 15.1 Å². The fourth-order valence-corrected chi connectivity index (χ4v) is 3.03. The number of aromatic nitrogens is 2. The molecule has 3 rings (SSSR count). The topological polar surface area (TPSA) is 47.5 Å². The van der Waals surface area contributed by atoms with Gasteiger partial charge in [0.15, 0.2) is 0 Å². The normalized spacial score (nSPS) is 19.1. The number of fused-ring (bicyclic) bond motifs is 1. The van der Waals surface area contributed by atoms with Crippen LogP contribution >= 0.6 is 12.4 Å². The monoisotopic (exact) mass is 326 g/mol. The number of hydrogen-bond donors (Lipinski definition) is 1. The highest BCUT2D eigenvalue weighted by atomic mass is 35.5. The molecular weight excluding hydrogens is 300 g/mol. The molecule has 1 saturated heterocycles. The summed E-state index contributed by atoms with van der Waals surface area (Å²) in [5, 5.41) is 3.46. The summed E-state index contributed by atoms with van der Waals surface area (Å²) in [6.45, 7) is 6.23. The number of hydrogen-bond acceptors (Lipinski definition) is 6. The summed E-state index contributed by atoms with van der Waals surface area (Å²) in [6.07, 6.45) is 2.02. The Bertz CT molecular complexity index is 499. The summed E-state index contributed by atoms with van der Waals surface area (Å²) >= 11 is 0. The summed E-state index contributed by atoms with van der Waals surface area (Å²) in [6, 6.07) is 0. The number of rotatable bonds is 2. The van der Waals surface area contributed by atoms with Crippen LogP contribution in [0.15, 0.2) is 0 Å². The fourth-order valence-electron chi connectivity index (χ4n) is 3.03. The molecule has 7 heteroatoms. The zero-order chi connectivity index (χ0) is 14.8. The van der Waals surface area contributed by atoms with Crippen LogP contribution in [0.4, 0.5) is 11.8 Å². The van der Waals surface area contributed by atoms with Crippen molar-refractivity contribution in [2.45, 2.75) is 12.8 Å². The number of piperazine rings is 1. The number of nitrogens with zero attached hydrogens (tertiary/aromatic N) is 5. The maximum Gasteiger partial charge on any atom is 0.227 e. The lowest BCUT2D eigenvalue weighted by Crippen LogP contribution is -2.45. The molecule has 1 aromatic heterocycles. The lowest BCUT2D eigenvalue weighted by molar-refractivity contribution is 0.311. The Labute approximate surface area is 139 Å². The van der Waals surface area contributed by atoms with E-state index in [-0.39, 0.29) is 12.4 Å². The predicted octanol–water partition coefficient (Wildman–Crippen LogP) is 0.404. The quantitative estimate of drug-likeness (QED) is 0.849. The van der Waals surface area contributed by atoms with Crippen LogP contribution in [0, 0.1) is 0 Å². The van der Waals surface area contributed by atoms with Crippen LogP contribution in [0.5, 0.6) is 0 Å². The number of nitrogens with one attached hydrogen (secondary N) is 1. The van der Waals surface area contributed by atoms with Crippen molar-refractivity contribution < 1.29 is 0 Å². The van der Waals surface area contributed by atoms with Gasteiger partial charge in [0.05, 0.1) is 5.69 Å². The summed E-state index contributed by atoms with van der Waals surface area (Å²) in [5.41, 5.74) is 2.55. The van der Waals surface area contributed by atoms with Crippen molar-refractivity contribution in [2.75, 3.05) is 70.2 Å². The Morgan fingerprint density at radius 2 is 1.68 bits per heavy atom. The van der Waals surface area contributed by atoms with E-state index in [9.17, 15) is 0 Å². The van der Waals surface area contributed by atoms with Crippen molar-refractivity contribution in [3.63, 3.8) is 0 Å². The maximum atomic E-state index is 4.89. The van der Waals surface area contributed by atoms with Crippen molar-refractivity contribution in [1.29, 1.82) is 0 Å². The predicted molar refractivity (Wildman–Crippen MR) is 93.6 cm³/mol. The molecule has 0 atom stereocenters. The average molecular weight is 327 g/mol. The highest BCUT2D eigenvalue weighted by Gasteiger charge is 2.22. The number of halogens is 1. The fraction of sp³-hybridized carbons (Fsp3) is 0.733. The van der Waals surface area contributed by atoms with Gasteiger partial charge in [0.1, 0.15) is 5.82 Å². The molecule has 0 bridgehead atoms. The zero-order valence-corrected chi connectivity index (χ0v) is 14.6. The third-order valence-electron chi connectivity index (χ3n) is 4.36. The van der Waals surface area contributed by atoms with E-state index >= 15 is 0 Å². The maximum absolute atomic E-state index is 4.89. The smallest absolute Gasteiger partial charge is 0.227 e. The van der Waals surface area contributed by atoms with E-state index in [0.717, 1.165) is 63.9 Å². The van der Waals surface area contributed by atoms with Crippen molar-refractivity contribution >= 4 is 24.2 Å². The molecule has 3 heterocycles. The molecule has 0 aliphatic carbocycles. The van der Waals surface area contributed by atoms with Crippen LogP contribution in [-0.4, -0.2) is 75.3 Å². The second kappa shape index (κ2) is 7.44. The molecule has 2 aliphatic heterocycles. The molecule has 0 spiro atoms. The first-order valence-corrected chi connectivity index (χ1v) is 7.86. The molecule has 0 unspecified atom stereocenters. The van der Waals surface area contributed by atoms with Crippen LogP contribution in [-0.2, 0) is 12.8 Å². The lowest BCUT2D eigenvalue weighted by Gasteiger charge is -2.33. The standard InChI is InChI=1S/C15H26N6.ClH/c1-19(2)14-12-4-6-16-7-5-13(12)17-15(18-14)21-10-8-20(3)9-11-21;/h16H,4-11H2,1-3H3;1H. The molecule has 0 radical (unpaired) electrons. The summed E-state index contributed by atoms with van der Waals surface area (Å²) in [7, 11) is 6.33. The van der Waals surface area contributed by atoms with E-state index in [1.807, 2.05) is 0 Å². The Morgan fingerprint density at radius 3 is 2.36 bits per heavy atom. The van der Waals surface area contributed by atoms with Gasteiger partial charge in [0.2, 0.25) is 5.95 Å². The van der Waals surface area contributed by atoms with Gasteiger partial charge in [-0.05, 0) is 20.0 Å². The van der Waals surface area contributed by atoms with Gasteiger partial charge in [-0.25, -0.2) is 4.98 Å². The van der Waals surface area contributed by atoms with Gasteiger partial charge in [0, 0.05) is 58.8 Å². The summed E-state index contributed by atoms with van der Waals surface area (Å²) < 4.78 is 0. The first-order chi connectivity index (χ1) is 10.1. The third kappa shape index (κ3) is 3.62. The minimum atomic E-state index is 0. The largest absolute Gasteiger partial charge is 0.362 e. The minimum Gasteiger partial charge on any atom is -0.362 e. The van der Waals surface area contributed by atoms with Gasteiger partial charge in [-0.15, -0.1) is 12.4 Å². The van der Waals surface area contributed by atoms with Crippen LogP contribution in [0.1, 0.15) is 11.3 Å². The van der Waals surface area contributed by atoms with Gasteiger partial charge in [-0.3, -0.25) is 0 Å². The van der Waals surface area contributed by atoms with Gasteiger partial charge >= 0.3 is 0 Å². The summed E-state index contributed by atoms with van der Waals surface area (Å²) in [4.78, 5) is 16.6. The van der Waals surface area contributed by atoms with E-state index in [2.05, 4.69) is 41.2 Å². The van der Waals surface area contributed by atoms with E-state index in [0.29, 0.717) is 0 Å². The third-order valence-corrected chi connectivity index (χ3v) is 4.36. The van der Waals surface area contributed by atoms with Crippen LogP contribution in [0.3, 0.4) is 0 Å². The highest BCUT2D eigenvalue weighted by Crippen LogP contribution is 2.25. The molecule has 6 nitrogen and oxygen atoms in total. The van der Waals surface area contributed by atoms with E-state index in [1.54, 1.807) is 0 Å². The lowest BCUT2D eigenvalue weighted by atomic mass is 10.1. The van der Waals surface area contributed by atoms with Crippen molar-refractivity contribution in [3.05, 3.63) is 11.3 Å². The second-order valence-corrected chi connectivity index (χ2v) is 6.21. The minimum absolute atomic E-state index is 0. The molecule has 1 aromatic rings.